The molecule has 3 aromatic carbocycles. The fourth-order valence-corrected chi connectivity index (χ4v) is 4.98. The molecule has 0 radical (unpaired) electrons. The van der Waals surface area contributed by atoms with E-state index >= 15 is 0 Å². The Morgan fingerprint density at radius 3 is 2.28 bits per heavy atom. The summed E-state index contributed by atoms with van der Waals surface area (Å²) in [5.74, 6) is -0.436. The summed E-state index contributed by atoms with van der Waals surface area (Å²) in [4.78, 5) is 44.1. The summed E-state index contributed by atoms with van der Waals surface area (Å²) in [6.07, 6.45) is 0.0221. The summed E-state index contributed by atoms with van der Waals surface area (Å²) in [6, 6.07) is 20.7. The second kappa shape index (κ2) is 10.9. The van der Waals surface area contributed by atoms with E-state index in [1.807, 2.05) is 63.2 Å². The summed E-state index contributed by atoms with van der Waals surface area (Å²) >= 11 is 1.32. The molecule has 4 rings (SSSR count). The lowest BCUT2D eigenvalue weighted by molar-refractivity contribution is -0.128. The normalized spacial score (nSPS) is 16.4. The van der Waals surface area contributed by atoms with Crippen molar-refractivity contribution in [2.75, 3.05) is 5.32 Å². The molecule has 1 aliphatic rings. The Bertz CT molecular complexity index is 1330. The molecule has 184 valence electrons. The lowest BCUT2D eigenvalue weighted by atomic mass is 10.1. The Labute approximate surface area is 215 Å². The molecule has 1 atom stereocenters. The van der Waals surface area contributed by atoms with Gasteiger partial charge in [0.1, 0.15) is 5.25 Å². The number of Topliss-reactive ketones (excluding diaryl/α,β-unsaturated/α-hetero) is 1. The van der Waals surface area contributed by atoms with E-state index in [-0.39, 0.29) is 24.0 Å². The average Bonchev–Trinajstić information content (AvgIpc) is 3.11. The second-order valence-electron chi connectivity index (χ2n) is 9.07. The topological polar surface area (TPSA) is 78.8 Å². The van der Waals surface area contributed by atoms with Gasteiger partial charge in [-0.3, -0.25) is 19.3 Å². The summed E-state index contributed by atoms with van der Waals surface area (Å²) in [7, 11) is 0. The van der Waals surface area contributed by atoms with Gasteiger partial charge >= 0.3 is 0 Å². The van der Waals surface area contributed by atoms with Crippen LogP contribution in [0.15, 0.2) is 71.7 Å². The van der Waals surface area contributed by atoms with Crippen LogP contribution in [-0.2, 0) is 16.1 Å². The molecule has 1 unspecified atom stereocenters. The van der Waals surface area contributed by atoms with Gasteiger partial charge in [-0.15, -0.1) is 0 Å². The van der Waals surface area contributed by atoms with Gasteiger partial charge in [-0.2, -0.15) is 0 Å². The van der Waals surface area contributed by atoms with Crippen LogP contribution in [0.25, 0.3) is 0 Å². The molecule has 0 saturated carbocycles. The maximum absolute atomic E-state index is 13.4. The van der Waals surface area contributed by atoms with Gasteiger partial charge < -0.3 is 5.32 Å². The summed E-state index contributed by atoms with van der Waals surface area (Å²) in [5, 5.41) is 2.85. The van der Waals surface area contributed by atoms with Crippen molar-refractivity contribution in [3.63, 3.8) is 0 Å². The minimum absolute atomic E-state index is 0.0221. The number of amides is 2. The number of thioether (sulfide) groups is 1. The van der Waals surface area contributed by atoms with Crippen LogP contribution in [0.3, 0.4) is 0 Å². The molecule has 7 heteroatoms. The zero-order valence-corrected chi connectivity index (χ0v) is 21.7. The van der Waals surface area contributed by atoms with E-state index in [0.717, 1.165) is 22.4 Å². The molecule has 1 N–H and O–H groups in total. The third-order valence-corrected chi connectivity index (χ3v) is 7.32. The van der Waals surface area contributed by atoms with E-state index in [1.54, 1.807) is 29.2 Å². The Balaban J connectivity index is 1.53. The Morgan fingerprint density at radius 1 is 0.944 bits per heavy atom. The first-order valence-electron chi connectivity index (χ1n) is 11.8. The van der Waals surface area contributed by atoms with E-state index in [2.05, 4.69) is 5.32 Å². The standard InChI is InChI=1S/C29H29N3O3S/c1-18-5-8-22(9-6-18)17-32-28(35)26(36-29(32)31-25-12-7-19(2)20(3)15-25)16-27(34)30-24-13-10-23(11-14-24)21(4)33/h5-15,26H,16-17H2,1-4H3,(H,30,34). The molecular formula is C29H29N3O3S. The Morgan fingerprint density at radius 2 is 1.64 bits per heavy atom. The van der Waals surface area contributed by atoms with Crippen LogP contribution in [0.1, 0.15) is 46.0 Å². The van der Waals surface area contributed by atoms with Gasteiger partial charge in [-0.05, 0) is 80.8 Å². The number of aryl methyl sites for hydroxylation is 3. The molecule has 0 aromatic heterocycles. The van der Waals surface area contributed by atoms with Gasteiger partial charge in [0, 0.05) is 17.7 Å². The molecule has 0 aliphatic carbocycles. The van der Waals surface area contributed by atoms with Crippen LogP contribution in [0.4, 0.5) is 11.4 Å². The lowest BCUT2D eigenvalue weighted by Crippen LogP contribution is -2.33. The van der Waals surface area contributed by atoms with E-state index in [0.29, 0.717) is 23.0 Å². The molecule has 1 aliphatic heterocycles. The number of hydrogen-bond acceptors (Lipinski definition) is 5. The van der Waals surface area contributed by atoms with Gasteiger partial charge in [0.15, 0.2) is 11.0 Å². The number of anilines is 1. The van der Waals surface area contributed by atoms with Crippen LogP contribution < -0.4 is 5.32 Å². The number of hydrogen-bond donors (Lipinski definition) is 1. The van der Waals surface area contributed by atoms with Crippen molar-refractivity contribution in [3.8, 4) is 0 Å². The zero-order chi connectivity index (χ0) is 25.8. The molecule has 6 nitrogen and oxygen atoms in total. The number of nitrogens with one attached hydrogen (secondary N) is 1. The van der Waals surface area contributed by atoms with Crippen molar-refractivity contribution < 1.29 is 14.4 Å². The summed E-state index contributed by atoms with van der Waals surface area (Å²) in [5.41, 5.74) is 6.39. The van der Waals surface area contributed by atoms with Crippen LogP contribution in [0, 0.1) is 20.8 Å². The van der Waals surface area contributed by atoms with Gasteiger partial charge in [0.2, 0.25) is 11.8 Å². The molecule has 1 heterocycles. The van der Waals surface area contributed by atoms with Crippen molar-refractivity contribution >= 4 is 45.9 Å². The third-order valence-electron chi connectivity index (χ3n) is 6.14. The Hall–Kier alpha value is -3.71. The lowest BCUT2D eigenvalue weighted by Gasteiger charge is -2.17. The minimum atomic E-state index is -0.572. The van der Waals surface area contributed by atoms with Crippen LogP contribution in [-0.4, -0.2) is 32.9 Å². The second-order valence-corrected chi connectivity index (χ2v) is 10.2. The van der Waals surface area contributed by atoms with Crippen LogP contribution in [0.5, 0.6) is 0 Å². The van der Waals surface area contributed by atoms with Gasteiger partial charge in [-0.1, -0.05) is 47.7 Å². The molecular weight excluding hydrogens is 470 g/mol. The number of rotatable bonds is 7. The number of carbonyl (C=O) groups excluding carboxylic acids is 3. The maximum Gasteiger partial charge on any atom is 0.242 e. The van der Waals surface area contributed by atoms with Gasteiger partial charge in [-0.25, -0.2) is 4.99 Å². The van der Waals surface area contributed by atoms with Crippen molar-refractivity contribution in [3.05, 3.63) is 94.5 Å². The fourth-order valence-electron chi connectivity index (χ4n) is 3.82. The first-order valence-corrected chi connectivity index (χ1v) is 12.7. The van der Waals surface area contributed by atoms with Crippen molar-refractivity contribution in [2.45, 2.75) is 45.9 Å². The molecule has 0 bridgehead atoms. The molecule has 1 saturated heterocycles. The maximum atomic E-state index is 13.4. The fraction of sp³-hybridized carbons (Fsp3) is 0.241. The predicted octanol–water partition coefficient (Wildman–Crippen LogP) is 5.97. The van der Waals surface area contributed by atoms with Crippen molar-refractivity contribution in [1.29, 1.82) is 0 Å². The quantitative estimate of drug-likeness (QED) is 0.406. The highest BCUT2D eigenvalue weighted by molar-refractivity contribution is 8.15. The smallest absolute Gasteiger partial charge is 0.242 e. The number of nitrogens with zero attached hydrogens (tertiary/aromatic N) is 2. The van der Waals surface area contributed by atoms with Crippen molar-refractivity contribution in [1.82, 2.24) is 4.90 Å². The SMILES string of the molecule is CC(=O)c1ccc(NC(=O)CC2SC(=Nc3ccc(C)c(C)c3)N(Cc3ccc(C)cc3)C2=O)cc1. The molecule has 1 fully saturated rings. The van der Waals surface area contributed by atoms with Gasteiger partial charge in [0.25, 0.3) is 0 Å². The van der Waals surface area contributed by atoms with E-state index in [4.69, 9.17) is 4.99 Å². The highest BCUT2D eigenvalue weighted by atomic mass is 32.2. The number of aliphatic imine (C=N–C) groups is 1. The Kier molecular flexibility index (Phi) is 7.70. The first-order chi connectivity index (χ1) is 17.2. The van der Waals surface area contributed by atoms with Crippen LogP contribution >= 0.6 is 11.8 Å². The predicted molar refractivity (Wildman–Crippen MR) is 146 cm³/mol. The summed E-state index contributed by atoms with van der Waals surface area (Å²) in [6.45, 7) is 7.99. The van der Waals surface area contributed by atoms with E-state index in [9.17, 15) is 14.4 Å². The highest BCUT2D eigenvalue weighted by Gasteiger charge is 2.39. The highest BCUT2D eigenvalue weighted by Crippen LogP contribution is 2.33. The van der Waals surface area contributed by atoms with E-state index in [1.165, 1.54) is 24.2 Å². The zero-order valence-electron chi connectivity index (χ0n) is 20.9. The first kappa shape index (κ1) is 25.4. The van der Waals surface area contributed by atoms with Gasteiger partial charge in [0.05, 0.1) is 12.2 Å². The number of benzene rings is 3. The number of amidine groups is 1. The molecule has 3 aromatic rings. The number of carbonyl (C=O) groups is 3. The average molecular weight is 500 g/mol. The minimum Gasteiger partial charge on any atom is -0.326 e. The molecule has 2 amide bonds. The van der Waals surface area contributed by atoms with E-state index < -0.39 is 5.25 Å². The largest absolute Gasteiger partial charge is 0.326 e. The summed E-state index contributed by atoms with van der Waals surface area (Å²) < 4.78 is 0. The monoisotopic (exact) mass is 499 g/mol. The third kappa shape index (κ3) is 6.10. The molecule has 0 spiro atoms. The number of ketones is 1. The van der Waals surface area contributed by atoms with Crippen LogP contribution in [0.2, 0.25) is 0 Å². The van der Waals surface area contributed by atoms with Crippen molar-refractivity contribution in [2.24, 2.45) is 4.99 Å². The molecule has 36 heavy (non-hydrogen) atoms.